The third-order valence-corrected chi connectivity index (χ3v) is 6.94. The summed E-state index contributed by atoms with van der Waals surface area (Å²) in [6.07, 6.45) is 9.56. The lowest BCUT2D eigenvalue weighted by molar-refractivity contribution is 0.0544. The highest BCUT2D eigenvalue weighted by molar-refractivity contribution is 8.01. The second-order valence-electron chi connectivity index (χ2n) is 7.15. The molecule has 4 rings (SSSR count). The van der Waals surface area contributed by atoms with Gasteiger partial charge < -0.3 is 15.0 Å². The summed E-state index contributed by atoms with van der Waals surface area (Å²) in [4.78, 5) is 22.6. The molecule has 1 aliphatic carbocycles. The maximum absolute atomic E-state index is 12.5. The van der Waals surface area contributed by atoms with E-state index in [0.717, 1.165) is 19.1 Å². The van der Waals surface area contributed by atoms with Crippen molar-refractivity contribution < 1.29 is 9.53 Å². The van der Waals surface area contributed by atoms with Crippen LogP contribution in [0.15, 0.2) is 12.4 Å². The van der Waals surface area contributed by atoms with Gasteiger partial charge in [-0.05, 0) is 19.3 Å². The summed E-state index contributed by atoms with van der Waals surface area (Å²) in [5.41, 5.74) is 0.397. The lowest BCUT2D eigenvalue weighted by Gasteiger charge is -2.47. The number of methoxy groups -OCH3 is 1. The Hall–Kier alpha value is -1.34. The van der Waals surface area contributed by atoms with Gasteiger partial charge in [0.2, 0.25) is 5.88 Å². The molecule has 2 saturated heterocycles. The Bertz CT molecular complexity index is 597. The molecule has 7 heteroatoms. The van der Waals surface area contributed by atoms with Crippen LogP contribution >= 0.6 is 11.8 Å². The minimum atomic E-state index is -0.0245. The molecule has 2 aliphatic heterocycles. The fourth-order valence-electron chi connectivity index (χ4n) is 4.08. The van der Waals surface area contributed by atoms with E-state index in [4.69, 9.17) is 4.74 Å². The molecule has 6 nitrogen and oxygen atoms in total. The Kier molecular flexibility index (Phi) is 4.39. The van der Waals surface area contributed by atoms with Crippen molar-refractivity contribution in [2.45, 2.75) is 48.9 Å². The van der Waals surface area contributed by atoms with E-state index in [-0.39, 0.29) is 10.7 Å². The van der Waals surface area contributed by atoms with Gasteiger partial charge in [0.05, 0.1) is 24.3 Å². The molecule has 3 fully saturated rings. The maximum atomic E-state index is 12.5. The molecular formula is C17H24N4O2S. The van der Waals surface area contributed by atoms with E-state index >= 15 is 0 Å². The number of carbonyl (C=O) groups excluding carboxylic acids is 1. The number of carbonyl (C=O) groups is 1. The summed E-state index contributed by atoms with van der Waals surface area (Å²) < 4.78 is 5.24. The Balaban J connectivity index is 1.30. The number of hydrogen-bond acceptors (Lipinski definition) is 6. The summed E-state index contributed by atoms with van der Waals surface area (Å²) in [7, 11) is 1.54. The second-order valence-corrected chi connectivity index (χ2v) is 8.64. The minimum absolute atomic E-state index is 0.0245. The van der Waals surface area contributed by atoms with Gasteiger partial charge in [0, 0.05) is 30.9 Å². The average Bonchev–Trinajstić information content (AvgIpc) is 3.23. The quantitative estimate of drug-likeness (QED) is 0.894. The van der Waals surface area contributed by atoms with Gasteiger partial charge in [-0.15, -0.1) is 11.8 Å². The van der Waals surface area contributed by atoms with Gasteiger partial charge in [-0.1, -0.05) is 12.8 Å². The number of amides is 1. The van der Waals surface area contributed by atoms with Crippen molar-refractivity contribution in [2.24, 2.45) is 0 Å². The van der Waals surface area contributed by atoms with Crippen LogP contribution in [0.1, 0.15) is 42.6 Å². The molecule has 24 heavy (non-hydrogen) atoms. The monoisotopic (exact) mass is 348 g/mol. The molecule has 1 aromatic heterocycles. The van der Waals surface area contributed by atoms with Crippen molar-refractivity contribution in [1.29, 1.82) is 0 Å². The van der Waals surface area contributed by atoms with Gasteiger partial charge in [0.1, 0.15) is 5.69 Å². The molecule has 0 aromatic carbocycles. The lowest BCUT2D eigenvalue weighted by Crippen LogP contribution is -2.61. The third kappa shape index (κ3) is 3.11. The van der Waals surface area contributed by atoms with E-state index in [2.05, 4.69) is 15.3 Å². The zero-order valence-corrected chi connectivity index (χ0v) is 14.8. The molecule has 3 aliphatic rings. The van der Waals surface area contributed by atoms with Gasteiger partial charge in [-0.2, -0.15) is 0 Å². The van der Waals surface area contributed by atoms with Crippen molar-refractivity contribution in [3.8, 4) is 5.88 Å². The van der Waals surface area contributed by atoms with Gasteiger partial charge >= 0.3 is 0 Å². The highest BCUT2D eigenvalue weighted by Crippen LogP contribution is 2.45. The number of nitrogens with zero attached hydrogens (tertiary/aromatic N) is 3. The third-order valence-electron chi connectivity index (χ3n) is 5.34. The Morgan fingerprint density at radius 3 is 2.75 bits per heavy atom. The van der Waals surface area contributed by atoms with Crippen molar-refractivity contribution in [2.75, 3.05) is 26.0 Å². The first-order valence-electron chi connectivity index (χ1n) is 8.73. The van der Waals surface area contributed by atoms with Gasteiger partial charge in [-0.25, -0.2) is 9.97 Å². The highest BCUT2D eigenvalue weighted by atomic mass is 32.2. The van der Waals surface area contributed by atoms with Crippen LogP contribution in [0.4, 0.5) is 0 Å². The molecule has 130 valence electrons. The molecule has 1 spiro atoms. The zero-order valence-electron chi connectivity index (χ0n) is 14.0. The van der Waals surface area contributed by atoms with Crippen molar-refractivity contribution >= 4 is 17.7 Å². The fraction of sp³-hybridized carbons (Fsp3) is 0.706. The SMILES string of the molecule is COc1cnc(C(=O)N2CC3(CC(NC4CCCC4)CS3)C2)cn1. The number of aromatic nitrogens is 2. The van der Waals surface area contributed by atoms with Crippen molar-refractivity contribution in [3.05, 3.63) is 18.1 Å². The molecule has 1 unspecified atom stereocenters. The van der Waals surface area contributed by atoms with Crippen molar-refractivity contribution in [1.82, 2.24) is 20.2 Å². The topological polar surface area (TPSA) is 67.3 Å². The molecule has 3 heterocycles. The van der Waals surface area contributed by atoms with Crippen molar-refractivity contribution in [3.63, 3.8) is 0 Å². The van der Waals surface area contributed by atoms with E-state index in [9.17, 15) is 4.79 Å². The molecular weight excluding hydrogens is 324 g/mol. The van der Waals surface area contributed by atoms with Crippen LogP contribution in [0.2, 0.25) is 0 Å². The predicted octanol–water partition coefficient (Wildman–Crippen LogP) is 1.72. The first kappa shape index (κ1) is 16.1. The molecule has 1 amide bonds. The van der Waals surface area contributed by atoms with E-state index in [1.807, 2.05) is 16.7 Å². The number of likely N-dealkylation sites (tertiary alicyclic amines) is 1. The van der Waals surface area contributed by atoms with Crippen LogP contribution < -0.4 is 10.1 Å². The first-order valence-corrected chi connectivity index (χ1v) is 9.71. The van der Waals surface area contributed by atoms with Crippen LogP contribution in [0.25, 0.3) is 0 Å². The van der Waals surface area contributed by atoms with Crippen LogP contribution in [0, 0.1) is 0 Å². The summed E-state index contributed by atoms with van der Waals surface area (Å²) in [6, 6.07) is 1.33. The summed E-state index contributed by atoms with van der Waals surface area (Å²) in [5, 5.41) is 3.83. The average molecular weight is 348 g/mol. The van der Waals surface area contributed by atoms with Crippen LogP contribution in [-0.4, -0.2) is 63.6 Å². The van der Waals surface area contributed by atoms with Crippen LogP contribution in [0.3, 0.4) is 0 Å². The highest BCUT2D eigenvalue weighted by Gasteiger charge is 2.51. The lowest BCUT2D eigenvalue weighted by atomic mass is 9.91. The number of hydrogen-bond donors (Lipinski definition) is 1. The molecule has 1 aromatic rings. The molecule has 1 N–H and O–H groups in total. The largest absolute Gasteiger partial charge is 0.480 e. The number of nitrogens with one attached hydrogen (secondary N) is 1. The summed E-state index contributed by atoms with van der Waals surface area (Å²) >= 11 is 2.03. The Morgan fingerprint density at radius 2 is 2.08 bits per heavy atom. The predicted molar refractivity (Wildman–Crippen MR) is 93.5 cm³/mol. The number of ether oxygens (including phenoxy) is 1. The van der Waals surface area contributed by atoms with Crippen LogP contribution in [-0.2, 0) is 0 Å². The standard InChI is InChI=1S/C17H24N4O2S/c1-23-15-8-18-14(7-19-15)16(22)21-10-17(11-21)6-13(9-24-17)20-12-4-2-3-5-12/h7-8,12-13,20H,2-6,9-11H2,1H3. The zero-order chi connectivity index (χ0) is 16.6. The Morgan fingerprint density at radius 1 is 1.29 bits per heavy atom. The van der Waals surface area contributed by atoms with Crippen LogP contribution in [0.5, 0.6) is 5.88 Å². The number of thioether (sulfide) groups is 1. The summed E-state index contributed by atoms with van der Waals surface area (Å²) in [5.74, 6) is 1.57. The van der Waals surface area contributed by atoms with Gasteiger partial charge in [0.15, 0.2) is 0 Å². The molecule has 0 bridgehead atoms. The molecule has 0 radical (unpaired) electrons. The smallest absolute Gasteiger partial charge is 0.274 e. The van der Waals surface area contributed by atoms with E-state index in [1.54, 1.807) is 0 Å². The van der Waals surface area contributed by atoms with Gasteiger partial charge in [0.25, 0.3) is 5.91 Å². The number of rotatable bonds is 4. The summed E-state index contributed by atoms with van der Waals surface area (Å²) in [6.45, 7) is 1.65. The normalized spacial score (nSPS) is 25.9. The van der Waals surface area contributed by atoms with E-state index in [0.29, 0.717) is 17.6 Å². The maximum Gasteiger partial charge on any atom is 0.274 e. The molecule has 1 saturated carbocycles. The fourth-order valence-corrected chi connectivity index (χ4v) is 5.67. The molecule has 1 atom stereocenters. The van der Waals surface area contributed by atoms with E-state index in [1.165, 1.54) is 57.4 Å². The van der Waals surface area contributed by atoms with Gasteiger partial charge in [-0.3, -0.25) is 4.79 Å². The Labute approximate surface area is 146 Å². The minimum Gasteiger partial charge on any atom is -0.480 e. The second kappa shape index (κ2) is 6.52. The first-order chi connectivity index (χ1) is 11.7. The van der Waals surface area contributed by atoms with E-state index < -0.39 is 0 Å².